The van der Waals surface area contributed by atoms with Crippen molar-refractivity contribution in [2.45, 2.75) is 191 Å². The molecule has 10 heterocycles. The van der Waals surface area contributed by atoms with Crippen molar-refractivity contribution in [3.63, 3.8) is 0 Å². The van der Waals surface area contributed by atoms with Gasteiger partial charge in [0.05, 0.1) is 0 Å². The fourth-order valence-electron chi connectivity index (χ4n) is 13.4. The van der Waals surface area contributed by atoms with E-state index in [1.807, 2.05) is 64.9 Å². The van der Waals surface area contributed by atoms with Crippen molar-refractivity contribution in [2.75, 3.05) is 107 Å². The SMILES string of the molecule is C1CC2CNCC1C2.C=O.C=O.CC(C)(C)OC(=O)N1CC2CCC(C1)N2.CN1C2CCC1CN(C(=O)OC(C)(C)C)C2.CN1C2CCC1CNC2.CN1CC2CCC(C1)N2.CN1CC2CCC(C2)C1. The van der Waals surface area contributed by atoms with E-state index in [2.05, 4.69) is 69.1 Å². The summed E-state index contributed by atoms with van der Waals surface area (Å²) >= 11 is 0. The molecule has 404 valence electrons. The quantitative estimate of drug-likeness (QED) is 0.253. The van der Waals surface area contributed by atoms with E-state index in [0.29, 0.717) is 24.2 Å². The van der Waals surface area contributed by atoms with E-state index in [1.165, 1.54) is 142 Å². The Hall–Kier alpha value is -2.44. The molecule has 12 bridgehead atoms. The van der Waals surface area contributed by atoms with Crippen LogP contribution in [0.5, 0.6) is 0 Å². The first-order valence-corrected chi connectivity index (χ1v) is 27.6. The largest absolute Gasteiger partial charge is 0.444 e. The van der Waals surface area contributed by atoms with Crippen LogP contribution in [0.2, 0.25) is 0 Å². The molecule has 0 radical (unpaired) electrons. The van der Waals surface area contributed by atoms with Crippen molar-refractivity contribution < 1.29 is 28.7 Å². The minimum Gasteiger partial charge on any atom is -0.444 e. The molecule has 10 saturated heterocycles. The Balaban J connectivity index is 0.000000157. The van der Waals surface area contributed by atoms with E-state index < -0.39 is 0 Å². The molecular formula is C54H102N10O6. The second kappa shape index (κ2) is 27.7. The Kier molecular flexibility index (Phi) is 23.2. The van der Waals surface area contributed by atoms with Gasteiger partial charge in [0.2, 0.25) is 0 Å². The molecule has 12 atom stereocenters. The Morgan fingerprint density at radius 3 is 1.14 bits per heavy atom. The number of carbonyl (C=O) groups is 4. The van der Waals surface area contributed by atoms with E-state index in [9.17, 15) is 9.59 Å². The van der Waals surface area contributed by atoms with E-state index in [1.54, 1.807) is 0 Å². The maximum atomic E-state index is 11.9. The molecule has 2 aliphatic carbocycles. The number of rotatable bonds is 0. The van der Waals surface area contributed by atoms with Crippen molar-refractivity contribution >= 4 is 25.8 Å². The maximum absolute atomic E-state index is 11.9. The number of hydrogen-bond acceptors (Lipinski definition) is 14. The molecule has 12 fully saturated rings. The molecule has 12 aliphatic rings. The van der Waals surface area contributed by atoms with Gasteiger partial charge in [-0.1, -0.05) is 0 Å². The van der Waals surface area contributed by atoms with Crippen LogP contribution in [0.1, 0.15) is 131 Å². The molecule has 0 spiro atoms. The number of nitrogens with zero attached hydrogens (tertiary/aromatic N) is 6. The van der Waals surface area contributed by atoms with Gasteiger partial charge in [-0.25, -0.2) is 9.59 Å². The lowest BCUT2D eigenvalue weighted by Gasteiger charge is -2.39. The van der Waals surface area contributed by atoms with Crippen molar-refractivity contribution in [3.05, 3.63) is 0 Å². The molecule has 4 N–H and O–H groups in total. The predicted octanol–water partition coefficient (Wildman–Crippen LogP) is 5.15. The summed E-state index contributed by atoms with van der Waals surface area (Å²) in [6.07, 6.45) is 19.1. The van der Waals surface area contributed by atoms with E-state index in [4.69, 9.17) is 19.1 Å². The number of hydrogen-bond donors (Lipinski definition) is 4. The first-order chi connectivity index (χ1) is 33.3. The summed E-state index contributed by atoms with van der Waals surface area (Å²) in [5.74, 6) is 4.23. The normalized spacial score (nSPS) is 35.6. The number of amides is 2. The van der Waals surface area contributed by atoms with Crippen LogP contribution in [0.4, 0.5) is 9.59 Å². The highest BCUT2D eigenvalue weighted by molar-refractivity contribution is 5.69. The number of carbonyl (C=O) groups excluding carboxylic acids is 4. The number of nitrogens with one attached hydrogen (secondary N) is 4. The summed E-state index contributed by atoms with van der Waals surface area (Å²) in [6.45, 7) is 29.0. The molecule has 10 aliphatic heterocycles. The zero-order valence-corrected chi connectivity index (χ0v) is 45.9. The lowest BCUT2D eigenvalue weighted by molar-refractivity contribution is -0.0987. The fourth-order valence-corrected chi connectivity index (χ4v) is 13.4. The molecule has 0 aromatic carbocycles. The summed E-state index contributed by atoms with van der Waals surface area (Å²) in [6, 6.07) is 5.36. The molecule has 0 aromatic rings. The fraction of sp³-hybridized carbons (Fsp3) is 0.926. The molecule has 70 heavy (non-hydrogen) atoms. The van der Waals surface area contributed by atoms with Crippen molar-refractivity contribution in [2.24, 2.45) is 23.7 Å². The van der Waals surface area contributed by atoms with Gasteiger partial charge in [0.15, 0.2) is 0 Å². The molecule has 2 saturated carbocycles. The lowest BCUT2D eigenvalue weighted by atomic mass is 10.00. The van der Waals surface area contributed by atoms with Crippen LogP contribution in [0.3, 0.4) is 0 Å². The number of piperazine rings is 4. The van der Waals surface area contributed by atoms with Crippen molar-refractivity contribution in [3.8, 4) is 0 Å². The predicted molar refractivity (Wildman–Crippen MR) is 281 cm³/mol. The highest BCUT2D eigenvalue weighted by Crippen LogP contribution is 2.36. The Morgan fingerprint density at radius 1 is 0.414 bits per heavy atom. The van der Waals surface area contributed by atoms with E-state index in [-0.39, 0.29) is 23.4 Å². The van der Waals surface area contributed by atoms with Crippen LogP contribution in [-0.4, -0.2) is 221 Å². The standard InChI is InChI=1S/C12H22N2O2.C11H20N2O2.C8H15N.2C7H14N2.C7H13N.2CH2O/c1-12(2,3)16-11(15)14-7-9-5-6-10(8-14)13(9)4;1-11(2,3)15-10(14)13-6-8-4-5-9(7-13)12-8;1-9-5-7-2-3-8(4-7)6-9;1-9-4-6-2-3-7(5-9)8-6;1-9-6-2-3-7(9)5-8-4-6;1-2-7-3-6(1)4-8-5-7;2*1-2/h9-10H,5-8H2,1-4H3;8-9,12H,4-7H2,1-3H3;7-8H,2-6H2,1H3;2*6-8H,2-5H2,1H3;6-8H,1-5H2;2*1H2. The minimum absolute atomic E-state index is 0.155. The summed E-state index contributed by atoms with van der Waals surface area (Å²) < 4.78 is 10.8. The van der Waals surface area contributed by atoms with Gasteiger partial charge in [-0.2, -0.15) is 0 Å². The molecule has 16 nitrogen and oxygen atoms in total. The topological polar surface area (TPSA) is 154 Å². The number of likely N-dealkylation sites (tertiary alicyclic amines) is 4. The first-order valence-electron chi connectivity index (χ1n) is 27.6. The van der Waals surface area contributed by atoms with Gasteiger partial charge in [-0.3, -0.25) is 9.80 Å². The van der Waals surface area contributed by atoms with Crippen LogP contribution < -0.4 is 21.3 Å². The van der Waals surface area contributed by atoms with E-state index >= 15 is 0 Å². The first kappa shape index (κ1) is 58.4. The molecular weight excluding hydrogens is 885 g/mol. The number of fused-ring (bicyclic) bond motifs is 12. The maximum Gasteiger partial charge on any atom is 0.410 e. The second-order valence-corrected chi connectivity index (χ2v) is 25.0. The number of ether oxygens (including phenoxy) is 2. The molecule has 12 unspecified atom stereocenters. The van der Waals surface area contributed by atoms with Gasteiger partial charge in [0.25, 0.3) is 0 Å². The smallest absolute Gasteiger partial charge is 0.410 e. The number of piperidine rings is 2. The van der Waals surface area contributed by atoms with Crippen LogP contribution in [-0.2, 0) is 19.1 Å². The highest BCUT2D eigenvalue weighted by Gasteiger charge is 2.41. The molecule has 0 aromatic heterocycles. The summed E-state index contributed by atoms with van der Waals surface area (Å²) in [7, 11) is 8.88. The lowest BCUT2D eigenvalue weighted by Crippen LogP contribution is -2.54. The molecule has 2 amide bonds. The third-order valence-electron chi connectivity index (χ3n) is 16.8. The minimum atomic E-state index is -0.389. The summed E-state index contributed by atoms with van der Waals surface area (Å²) in [5, 5.41) is 13.9. The highest BCUT2D eigenvalue weighted by atomic mass is 16.6. The monoisotopic (exact) mass is 987 g/mol. The van der Waals surface area contributed by atoms with Crippen molar-refractivity contribution in [1.82, 2.24) is 50.7 Å². The van der Waals surface area contributed by atoms with Gasteiger partial charge in [-0.15, -0.1) is 0 Å². The van der Waals surface area contributed by atoms with Gasteiger partial charge in [-0.05, 0) is 196 Å². The zero-order chi connectivity index (χ0) is 51.2. The third-order valence-corrected chi connectivity index (χ3v) is 16.8. The summed E-state index contributed by atoms with van der Waals surface area (Å²) in [5.41, 5.74) is -0.777. The zero-order valence-electron chi connectivity index (χ0n) is 45.9. The van der Waals surface area contributed by atoms with Gasteiger partial charge in [0.1, 0.15) is 24.8 Å². The Labute approximate surface area is 425 Å². The second-order valence-electron chi connectivity index (χ2n) is 25.0. The molecule has 16 heteroatoms. The Bertz CT molecular complexity index is 1460. The Morgan fingerprint density at radius 2 is 0.743 bits per heavy atom. The number of likely N-dealkylation sites (N-methyl/N-ethyl adjacent to an activating group) is 3. The van der Waals surface area contributed by atoms with Crippen LogP contribution in [0.25, 0.3) is 0 Å². The van der Waals surface area contributed by atoms with Crippen LogP contribution in [0.15, 0.2) is 0 Å². The van der Waals surface area contributed by atoms with Crippen molar-refractivity contribution in [1.29, 1.82) is 0 Å². The van der Waals surface area contributed by atoms with Crippen LogP contribution >= 0.6 is 0 Å². The molecule has 12 rings (SSSR count). The van der Waals surface area contributed by atoms with Gasteiger partial charge < -0.3 is 59.9 Å². The van der Waals surface area contributed by atoms with E-state index in [0.717, 1.165) is 74.0 Å². The van der Waals surface area contributed by atoms with Gasteiger partial charge in [0, 0.05) is 114 Å². The van der Waals surface area contributed by atoms with Gasteiger partial charge >= 0.3 is 12.2 Å². The average molecular weight is 987 g/mol. The third kappa shape index (κ3) is 18.5. The van der Waals surface area contributed by atoms with Crippen LogP contribution in [0, 0.1) is 23.7 Å². The average Bonchev–Trinajstić information content (AvgIpc) is 4.11. The summed E-state index contributed by atoms with van der Waals surface area (Å²) in [4.78, 5) is 53.3.